The Morgan fingerprint density at radius 1 is 1.21 bits per heavy atom. The van der Waals surface area contributed by atoms with Crippen molar-refractivity contribution in [2.24, 2.45) is 4.99 Å². The average Bonchev–Trinajstić information content (AvgIpc) is 2.99. The molecule has 1 amide bonds. The molecule has 0 spiro atoms. The van der Waals surface area contributed by atoms with Gasteiger partial charge in [-0.15, -0.1) is 0 Å². The Kier molecular flexibility index (Phi) is 7.94. The van der Waals surface area contributed by atoms with Crippen molar-refractivity contribution in [1.82, 2.24) is 4.90 Å². The maximum Gasteiger partial charge on any atom is 0.353 e. The number of fused-ring (bicyclic) bond motifs is 1. The maximum absolute atomic E-state index is 13.0. The molecule has 1 aliphatic heterocycles. The Hall–Kier alpha value is -2.00. The molecule has 0 unspecified atom stereocenters. The highest BCUT2D eigenvalue weighted by Crippen LogP contribution is 2.36. The smallest absolute Gasteiger partial charge is 0.353 e. The SMILES string of the molecule is C=C(CN1Cc2c(Br)ccc(N=C(CBr)C(=O)OCC)c2C1=O)C(=O)OCC. The van der Waals surface area contributed by atoms with E-state index in [1.165, 1.54) is 4.90 Å². The first-order valence-corrected chi connectivity index (χ1v) is 10.5. The molecule has 0 N–H and O–H groups in total. The van der Waals surface area contributed by atoms with E-state index >= 15 is 0 Å². The molecular formula is C19H20Br2N2O5. The number of nitrogens with zero attached hydrogens (tertiary/aromatic N) is 2. The summed E-state index contributed by atoms with van der Waals surface area (Å²) < 4.78 is 10.7. The van der Waals surface area contributed by atoms with E-state index in [1.54, 1.807) is 26.0 Å². The second-order valence-electron chi connectivity index (χ2n) is 5.82. The summed E-state index contributed by atoms with van der Waals surface area (Å²) in [4.78, 5) is 42.6. The van der Waals surface area contributed by atoms with Gasteiger partial charge in [0.2, 0.25) is 0 Å². The van der Waals surface area contributed by atoms with Gasteiger partial charge in [-0.25, -0.2) is 14.6 Å². The van der Waals surface area contributed by atoms with Gasteiger partial charge >= 0.3 is 11.9 Å². The van der Waals surface area contributed by atoms with Crippen LogP contribution in [-0.2, 0) is 25.6 Å². The third-order valence-corrected chi connectivity index (χ3v) is 5.20. The predicted molar refractivity (Wildman–Crippen MR) is 112 cm³/mol. The number of hydrogen-bond acceptors (Lipinski definition) is 6. The van der Waals surface area contributed by atoms with Gasteiger partial charge in [0.25, 0.3) is 5.91 Å². The van der Waals surface area contributed by atoms with Crippen LogP contribution in [0.4, 0.5) is 5.69 Å². The minimum atomic E-state index is -0.547. The van der Waals surface area contributed by atoms with Crippen LogP contribution in [-0.4, -0.2) is 53.5 Å². The standard InChI is InChI=1S/C19H20Br2N2O5/c1-4-27-18(25)11(3)9-23-10-12-13(21)6-7-14(16(12)17(23)24)22-15(8-20)19(26)28-5-2/h6-7H,3-5,8-10H2,1-2H3. The van der Waals surface area contributed by atoms with E-state index in [4.69, 9.17) is 9.47 Å². The van der Waals surface area contributed by atoms with Crippen molar-refractivity contribution >= 4 is 61.1 Å². The Balaban J connectivity index is 2.35. The topological polar surface area (TPSA) is 85.3 Å². The molecule has 9 heteroatoms. The quantitative estimate of drug-likeness (QED) is 0.229. The maximum atomic E-state index is 13.0. The van der Waals surface area contributed by atoms with Gasteiger partial charge < -0.3 is 14.4 Å². The van der Waals surface area contributed by atoms with Crippen LogP contribution in [0.15, 0.2) is 33.7 Å². The van der Waals surface area contributed by atoms with Gasteiger partial charge in [-0.05, 0) is 26.0 Å². The summed E-state index contributed by atoms with van der Waals surface area (Å²) in [6, 6.07) is 3.43. The molecule has 28 heavy (non-hydrogen) atoms. The van der Waals surface area contributed by atoms with E-state index in [9.17, 15) is 14.4 Å². The average molecular weight is 516 g/mol. The van der Waals surface area contributed by atoms with Crippen LogP contribution in [0.1, 0.15) is 29.8 Å². The lowest BCUT2D eigenvalue weighted by Gasteiger charge is -2.16. The van der Waals surface area contributed by atoms with Gasteiger partial charge in [0.15, 0.2) is 0 Å². The van der Waals surface area contributed by atoms with Crippen LogP contribution in [0.2, 0.25) is 0 Å². The van der Waals surface area contributed by atoms with Crippen LogP contribution >= 0.6 is 31.9 Å². The summed E-state index contributed by atoms with van der Waals surface area (Å²) in [7, 11) is 0. The molecule has 0 fully saturated rings. The third-order valence-electron chi connectivity index (χ3n) is 3.92. The van der Waals surface area contributed by atoms with Crippen molar-refractivity contribution < 1.29 is 23.9 Å². The number of carbonyl (C=O) groups is 3. The molecule has 0 aliphatic carbocycles. The number of amides is 1. The molecule has 0 saturated carbocycles. The zero-order valence-electron chi connectivity index (χ0n) is 15.6. The van der Waals surface area contributed by atoms with E-state index in [0.29, 0.717) is 17.8 Å². The van der Waals surface area contributed by atoms with E-state index in [-0.39, 0.29) is 42.3 Å². The van der Waals surface area contributed by atoms with Gasteiger partial charge in [-0.3, -0.25) is 4.79 Å². The molecule has 7 nitrogen and oxygen atoms in total. The largest absolute Gasteiger partial charge is 0.463 e. The molecule has 0 saturated heterocycles. The minimum absolute atomic E-state index is 0.0467. The molecule has 1 aromatic rings. The fourth-order valence-corrected chi connectivity index (χ4v) is 3.47. The van der Waals surface area contributed by atoms with Crippen LogP contribution in [0, 0.1) is 0 Å². The van der Waals surface area contributed by atoms with Gasteiger partial charge in [-0.1, -0.05) is 38.4 Å². The molecule has 150 valence electrons. The van der Waals surface area contributed by atoms with E-state index in [1.807, 2.05) is 0 Å². The highest BCUT2D eigenvalue weighted by atomic mass is 79.9. The number of benzene rings is 1. The van der Waals surface area contributed by atoms with Crippen LogP contribution in [0.3, 0.4) is 0 Å². The highest BCUT2D eigenvalue weighted by Gasteiger charge is 2.33. The molecule has 0 bridgehead atoms. The van der Waals surface area contributed by atoms with Crippen LogP contribution in [0.5, 0.6) is 0 Å². The molecule has 1 heterocycles. The van der Waals surface area contributed by atoms with E-state index < -0.39 is 11.9 Å². The number of rotatable bonds is 8. The first-order chi connectivity index (χ1) is 13.3. The predicted octanol–water partition coefficient (Wildman–Crippen LogP) is 3.55. The Labute approximate surface area is 180 Å². The highest BCUT2D eigenvalue weighted by molar-refractivity contribution is 9.10. The van der Waals surface area contributed by atoms with E-state index in [2.05, 4.69) is 43.4 Å². The second-order valence-corrected chi connectivity index (χ2v) is 7.23. The molecular weight excluding hydrogens is 496 g/mol. The molecule has 1 aromatic carbocycles. The fraction of sp³-hybridized carbons (Fsp3) is 0.368. The number of esters is 2. The van der Waals surface area contributed by atoms with Crippen molar-refractivity contribution in [2.45, 2.75) is 20.4 Å². The summed E-state index contributed by atoms with van der Waals surface area (Å²) in [5.74, 6) is -1.38. The van der Waals surface area contributed by atoms with Crippen LogP contribution < -0.4 is 0 Å². The molecule has 2 rings (SSSR count). The lowest BCUT2D eigenvalue weighted by Crippen LogP contribution is -2.28. The second kappa shape index (κ2) is 9.97. The monoisotopic (exact) mass is 514 g/mol. The van der Waals surface area contributed by atoms with Crippen molar-refractivity contribution in [3.8, 4) is 0 Å². The summed E-state index contributed by atoms with van der Waals surface area (Å²) in [5.41, 5.74) is 1.84. The summed E-state index contributed by atoms with van der Waals surface area (Å²) in [6.07, 6.45) is 0. The Bertz CT molecular complexity index is 851. The van der Waals surface area contributed by atoms with Crippen LogP contribution in [0.25, 0.3) is 0 Å². The number of halogens is 2. The minimum Gasteiger partial charge on any atom is -0.463 e. The molecule has 0 aromatic heterocycles. The van der Waals surface area contributed by atoms with Crippen molar-refractivity contribution in [3.63, 3.8) is 0 Å². The fourth-order valence-electron chi connectivity index (χ4n) is 2.66. The molecule has 1 aliphatic rings. The first-order valence-electron chi connectivity index (χ1n) is 8.60. The number of alkyl halides is 1. The molecule has 0 radical (unpaired) electrons. The van der Waals surface area contributed by atoms with Crippen molar-refractivity contribution in [2.75, 3.05) is 25.1 Å². The summed E-state index contributed by atoms with van der Waals surface area (Å²) in [6.45, 7) is 7.92. The first kappa shape index (κ1) is 22.3. The lowest BCUT2D eigenvalue weighted by molar-refractivity contribution is -0.138. The van der Waals surface area contributed by atoms with Gasteiger partial charge in [0, 0.05) is 22.2 Å². The zero-order valence-corrected chi connectivity index (χ0v) is 18.8. The summed E-state index contributed by atoms with van der Waals surface area (Å²) in [5, 5.41) is 0.189. The molecule has 0 atom stereocenters. The van der Waals surface area contributed by atoms with Crippen molar-refractivity contribution in [1.29, 1.82) is 0 Å². The Morgan fingerprint density at radius 2 is 1.86 bits per heavy atom. The number of aliphatic imine (C=N–C) groups is 1. The number of carbonyl (C=O) groups excluding carboxylic acids is 3. The third kappa shape index (κ3) is 4.88. The Morgan fingerprint density at radius 3 is 2.46 bits per heavy atom. The number of hydrogen-bond donors (Lipinski definition) is 0. The van der Waals surface area contributed by atoms with Gasteiger partial charge in [0.05, 0.1) is 36.3 Å². The lowest BCUT2D eigenvalue weighted by atomic mass is 10.1. The van der Waals surface area contributed by atoms with Gasteiger partial charge in [-0.2, -0.15) is 0 Å². The number of ether oxygens (including phenoxy) is 2. The van der Waals surface area contributed by atoms with Crippen molar-refractivity contribution in [3.05, 3.63) is 39.9 Å². The van der Waals surface area contributed by atoms with Gasteiger partial charge in [0.1, 0.15) is 5.71 Å². The zero-order chi connectivity index (χ0) is 20.8. The summed E-state index contributed by atoms with van der Waals surface area (Å²) >= 11 is 6.68. The van der Waals surface area contributed by atoms with E-state index in [0.717, 1.165) is 10.0 Å². The normalized spacial score (nSPS) is 13.4.